The van der Waals surface area contributed by atoms with Gasteiger partial charge in [0.1, 0.15) is 6.61 Å². The molecule has 8 heteroatoms. The summed E-state index contributed by atoms with van der Waals surface area (Å²) in [5.41, 5.74) is 5.64. The van der Waals surface area contributed by atoms with Crippen molar-refractivity contribution in [1.29, 1.82) is 0 Å². The number of aryl methyl sites for hydroxylation is 2. The molecule has 170 valence electrons. The molecular formula is C26H24N6O2. The fourth-order valence-electron chi connectivity index (χ4n) is 4.01. The third kappa shape index (κ3) is 4.30. The minimum atomic E-state index is -0.142. The quantitative estimate of drug-likeness (QED) is 0.392. The van der Waals surface area contributed by atoms with Gasteiger partial charge in [0.2, 0.25) is 5.91 Å². The average Bonchev–Trinajstić information content (AvgIpc) is 3.23. The lowest BCUT2D eigenvalue weighted by atomic mass is 10.1. The normalized spacial score (nSPS) is 11.1. The number of hydrogen-bond donors (Lipinski definition) is 1. The number of nitrogens with one attached hydrogen (secondary N) is 1. The van der Waals surface area contributed by atoms with Crippen molar-refractivity contribution < 1.29 is 9.53 Å². The van der Waals surface area contributed by atoms with Crippen molar-refractivity contribution in [2.24, 2.45) is 0 Å². The number of aromatic nitrogens is 5. The summed E-state index contributed by atoms with van der Waals surface area (Å²) in [6, 6.07) is 15.3. The van der Waals surface area contributed by atoms with Gasteiger partial charge in [0.25, 0.3) is 0 Å². The van der Waals surface area contributed by atoms with E-state index in [9.17, 15) is 4.79 Å². The molecule has 0 atom stereocenters. The largest absolute Gasteiger partial charge is 0.485 e. The fourth-order valence-corrected chi connectivity index (χ4v) is 4.01. The Labute approximate surface area is 196 Å². The monoisotopic (exact) mass is 452 g/mol. The van der Waals surface area contributed by atoms with Crippen molar-refractivity contribution in [3.63, 3.8) is 0 Å². The maximum Gasteiger partial charge on any atom is 0.225 e. The standard InChI is InChI=1S/C26H24N6O2/c1-17-20(18(2)32-26(29-17)21-6-3-4-7-22(21)31-32)9-10-24(33)30-25-23(8-5-13-28-25)34-16-19-11-14-27-15-12-19/h3-8,11-15H,9-10,16H2,1-2H3,(H,28,30,33). The number of hydrogen-bond acceptors (Lipinski definition) is 6. The molecule has 0 bridgehead atoms. The molecule has 0 radical (unpaired) electrons. The maximum absolute atomic E-state index is 12.8. The number of pyridine rings is 2. The summed E-state index contributed by atoms with van der Waals surface area (Å²) in [5.74, 6) is 0.783. The number of nitrogens with zero attached hydrogens (tertiary/aromatic N) is 5. The topological polar surface area (TPSA) is 94.3 Å². The number of rotatable bonds is 7. The first kappa shape index (κ1) is 21.5. The van der Waals surface area contributed by atoms with Crippen LogP contribution in [0.2, 0.25) is 0 Å². The molecule has 1 N–H and O–H groups in total. The molecule has 0 saturated heterocycles. The van der Waals surface area contributed by atoms with Crippen LogP contribution >= 0.6 is 0 Å². The van der Waals surface area contributed by atoms with Crippen LogP contribution in [-0.4, -0.2) is 30.5 Å². The number of anilines is 1. The second-order valence-corrected chi connectivity index (χ2v) is 8.06. The van der Waals surface area contributed by atoms with E-state index >= 15 is 0 Å². The van der Waals surface area contributed by atoms with Gasteiger partial charge in [0.15, 0.2) is 17.2 Å². The zero-order chi connectivity index (χ0) is 23.5. The summed E-state index contributed by atoms with van der Waals surface area (Å²) >= 11 is 0. The van der Waals surface area contributed by atoms with Gasteiger partial charge in [0, 0.05) is 41.8 Å². The second-order valence-electron chi connectivity index (χ2n) is 8.06. The van der Waals surface area contributed by atoms with Crippen LogP contribution in [0.5, 0.6) is 5.75 Å². The van der Waals surface area contributed by atoms with E-state index in [1.807, 2.05) is 54.8 Å². The summed E-state index contributed by atoms with van der Waals surface area (Å²) < 4.78 is 7.75. The molecule has 8 nitrogen and oxygen atoms in total. The molecule has 0 aliphatic rings. The lowest BCUT2D eigenvalue weighted by Gasteiger charge is -2.13. The van der Waals surface area contributed by atoms with E-state index < -0.39 is 0 Å². The minimum Gasteiger partial charge on any atom is -0.485 e. The first-order valence-electron chi connectivity index (χ1n) is 11.1. The molecule has 5 rings (SSSR count). The molecular weight excluding hydrogens is 428 g/mol. The van der Waals surface area contributed by atoms with Crippen molar-refractivity contribution in [1.82, 2.24) is 24.6 Å². The molecule has 0 spiro atoms. The third-order valence-corrected chi connectivity index (χ3v) is 5.79. The highest BCUT2D eigenvalue weighted by molar-refractivity contribution is 5.92. The van der Waals surface area contributed by atoms with Crippen LogP contribution in [0.15, 0.2) is 67.1 Å². The number of benzene rings is 1. The zero-order valence-electron chi connectivity index (χ0n) is 19.0. The Bertz CT molecular complexity index is 1480. The first-order chi connectivity index (χ1) is 16.6. The van der Waals surface area contributed by atoms with Gasteiger partial charge >= 0.3 is 0 Å². The van der Waals surface area contributed by atoms with Gasteiger partial charge in [-0.1, -0.05) is 12.1 Å². The molecule has 34 heavy (non-hydrogen) atoms. The number of fused-ring (bicyclic) bond motifs is 3. The summed E-state index contributed by atoms with van der Waals surface area (Å²) in [4.78, 5) is 25.9. The predicted molar refractivity (Wildman–Crippen MR) is 130 cm³/mol. The lowest BCUT2D eigenvalue weighted by Crippen LogP contribution is -2.16. The SMILES string of the molecule is Cc1nc2c3ccccc3nn2c(C)c1CCC(=O)Nc1ncccc1OCc1ccncc1. The first-order valence-corrected chi connectivity index (χ1v) is 11.1. The van der Waals surface area contributed by atoms with Gasteiger partial charge in [-0.25, -0.2) is 14.5 Å². The predicted octanol–water partition coefficient (Wildman–Crippen LogP) is 4.44. The molecule has 5 aromatic rings. The number of carbonyl (C=O) groups excluding carboxylic acids is 1. The summed E-state index contributed by atoms with van der Waals surface area (Å²) in [5, 5.41) is 8.60. The minimum absolute atomic E-state index is 0.142. The highest BCUT2D eigenvalue weighted by Gasteiger charge is 2.16. The van der Waals surface area contributed by atoms with Crippen molar-refractivity contribution in [3.05, 3.63) is 89.6 Å². The Hall–Kier alpha value is -4.33. The van der Waals surface area contributed by atoms with E-state index in [0.29, 0.717) is 24.6 Å². The Kier molecular flexibility index (Phi) is 5.86. The van der Waals surface area contributed by atoms with Crippen LogP contribution in [0.1, 0.15) is 28.9 Å². The van der Waals surface area contributed by atoms with Crippen LogP contribution in [0.3, 0.4) is 0 Å². The van der Waals surface area contributed by atoms with Crippen molar-refractivity contribution in [2.45, 2.75) is 33.3 Å². The Morgan fingerprint density at radius 2 is 1.85 bits per heavy atom. The van der Waals surface area contributed by atoms with E-state index in [1.165, 1.54) is 0 Å². The van der Waals surface area contributed by atoms with Crippen LogP contribution in [0.25, 0.3) is 16.6 Å². The van der Waals surface area contributed by atoms with Gasteiger partial charge in [-0.05, 0) is 67.8 Å². The number of carbonyl (C=O) groups is 1. The Morgan fingerprint density at radius 1 is 1.03 bits per heavy atom. The maximum atomic E-state index is 12.8. The molecule has 0 unspecified atom stereocenters. The average molecular weight is 453 g/mol. The highest BCUT2D eigenvalue weighted by Crippen LogP contribution is 2.24. The summed E-state index contributed by atoms with van der Waals surface area (Å²) in [7, 11) is 0. The van der Waals surface area contributed by atoms with Gasteiger partial charge in [-0.2, -0.15) is 5.10 Å². The Balaban J connectivity index is 1.29. The van der Waals surface area contributed by atoms with Gasteiger partial charge in [-0.3, -0.25) is 9.78 Å². The van der Waals surface area contributed by atoms with Gasteiger partial charge in [0.05, 0.1) is 5.52 Å². The van der Waals surface area contributed by atoms with Crippen molar-refractivity contribution in [2.75, 3.05) is 5.32 Å². The van der Waals surface area contributed by atoms with Crippen molar-refractivity contribution >= 4 is 28.3 Å². The molecule has 0 saturated carbocycles. The van der Waals surface area contributed by atoms with E-state index in [-0.39, 0.29) is 12.3 Å². The van der Waals surface area contributed by atoms with E-state index in [2.05, 4.69) is 15.3 Å². The second kappa shape index (κ2) is 9.27. The number of amides is 1. The van der Waals surface area contributed by atoms with E-state index in [4.69, 9.17) is 14.8 Å². The molecule has 0 fully saturated rings. The molecule has 4 heterocycles. The molecule has 1 aromatic carbocycles. The van der Waals surface area contributed by atoms with Crippen LogP contribution in [0.4, 0.5) is 5.82 Å². The van der Waals surface area contributed by atoms with Gasteiger partial charge in [-0.15, -0.1) is 0 Å². The van der Waals surface area contributed by atoms with Crippen LogP contribution in [0, 0.1) is 13.8 Å². The Morgan fingerprint density at radius 3 is 2.71 bits per heavy atom. The molecule has 1 amide bonds. The zero-order valence-corrected chi connectivity index (χ0v) is 19.0. The molecule has 0 aliphatic carbocycles. The molecule has 4 aromatic heterocycles. The van der Waals surface area contributed by atoms with Crippen LogP contribution < -0.4 is 10.1 Å². The number of ether oxygens (including phenoxy) is 1. The van der Waals surface area contributed by atoms with E-state index in [0.717, 1.165) is 39.1 Å². The third-order valence-electron chi connectivity index (χ3n) is 5.79. The van der Waals surface area contributed by atoms with Gasteiger partial charge < -0.3 is 10.1 Å². The summed E-state index contributed by atoms with van der Waals surface area (Å²) in [6.07, 6.45) is 5.89. The van der Waals surface area contributed by atoms with E-state index in [1.54, 1.807) is 30.7 Å². The highest BCUT2D eigenvalue weighted by atomic mass is 16.5. The van der Waals surface area contributed by atoms with Crippen LogP contribution in [-0.2, 0) is 17.8 Å². The van der Waals surface area contributed by atoms with Crippen molar-refractivity contribution in [3.8, 4) is 5.75 Å². The molecule has 0 aliphatic heterocycles. The smallest absolute Gasteiger partial charge is 0.225 e. The summed E-state index contributed by atoms with van der Waals surface area (Å²) in [6.45, 7) is 4.36. The lowest BCUT2D eigenvalue weighted by molar-refractivity contribution is -0.116. The fraction of sp³-hybridized carbons (Fsp3) is 0.192.